The molecular formula is C23H19N3O5. The molecular weight excluding hydrogens is 398 g/mol. The number of anilines is 2. The van der Waals surface area contributed by atoms with Gasteiger partial charge in [0.15, 0.2) is 11.5 Å². The number of carbonyl (C=O) groups is 3. The van der Waals surface area contributed by atoms with E-state index in [2.05, 4.69) is 5.10 Å². The van der Waals surface area contributed by atoms with Crippen LogP contribution < -0.4 is 14.6 Å². The molecule has 1 N–H and O–H groups in total. The van der Waals surface area contributed by atoms with Crippen LogP contribution in [0.5, 0.6) is 5.75 Å². The van der Waals surface area contributed by atoms with Crippen LogP contribution in [0.15, 0.2) is 77.2 Å². The van der Waals surface area contributed by atoms with Crippen LogP contribution in [-0.4, -0.2) is 35.0 Å². The summed E-state index contributed by atoms with van der Waals surface area (Å²) in [4.78, 5) is 38.1. The van der Waals surface area contributed by atoms with Gasteiger partial charge in [-0.1, -0.05) is 12.1 Å². The fraction of sp³-hybridized carbons (Fsp3) is 0.130. The first-order valence-electron chi connectivity index (χ1n) is 9.64. The van der Waals surface area contributed by atoms with Crippen molar-refractivity contribution in [2.75, 3.05) is 16.5 Å². The maximum absolute atomic E-state index is 13.0. The maximum Gasteiger partial charge on any atom is 0.335 e. The monoisotopic (exact) mass is 417 g/mol. The highest BCUT2D eigenvalue weighted by molar-refractivity contribution is 6.54. The molecule has 8 nitrogen and oxygen atoms in total. The van der Waals surface area contributed by atoms with Crippen LogP contribution in [0.3, 0.4) is 0 Å². The van der Waals surface area contributed by atoms with E-state index >= 15 is 0 Å². The Bertz CT molecular complexity index is 1180. The van der Waals surface area contributed by atoms with E-state index < -0.39 is 11.9 Å². The van der Waals surface area contributed by atoms with Crippen molar-refractivity contribution in [3.63, 3.8) is 0 Å². The summed E-state index contributed by atoms with van der Waals surface area (Å²) in [5.74, 6) is -0.657. The van der Waals surface area contributed by atoms with Crippen LogP contribution >= 0.6 is 0 Å². The van der Waals surface area contributed by atoms with E-state index in [1.165, 1.54) is 37.3 Å². The fourth-order valence-electron chi connectivity index (χ4n) is 3.40. The van der Waals surface area contributed by atoms with E-state index in [1.807, 2.05) is 36.1 Å². The van der Waals surface area contributed by atoms with Gasteiger partial charge in [-0.05, 0) is 55.5 Å². The number of fused-ring (bicyclic) bond motifs is 1. The molecule has 2 aromatic carbocycles. The highest BCUT2D eigenvalue weighted by Crippen LogP contribution is 2.38. The van der Waals surface area contributed by atoms with Crippen LogP contribution in [0, 0.1) is 0 Å². The Morgan fingerprint density at radius 2 is 1.81 bits per heavy atom. The third-order valence-corrected chi connectivity index (χ3v) is 4.92. The Morgan fingerprint density at radius 3 is 2.45 bits per heavy atom. The number of carbonyl (C=O) groups excluding carboxylic acids is 2. The van der Waals surface area contributed by atoms with Crippen molar-refractivity contribution >= 4 is 34.7 Å². The number of Topliss-reactive ketones (excluding diaryl/α,β-unsaturated/α-hetero) is 1. The smallest absolute Gasteiger partial charge is 0.335 e. The van der Waals surface area contributed by atoms with Crippen molar-refractivity contribution in [2.45, 2.75) is 13.8 Å². The second-order valence-electron chi connectivity index (χ2n) is 6.87. The fourth-order valence-corrected chi connectivity index (χ4v) is 3.40. The summed E-state index contributed by atoms with van der Waals surface area (Å²) in [5.41, 5.74) is 1.54. The first-order valence-corrected chi connectivity index (χ1v) is 9.64. The molecule has 1 amide bonds. The minimum atomic E-state index is -1.07. The number of para-hydroxylation sites is 2. The molecule has 8 heteroatoms. The number of ether oxygens (including phenoxy) is 1. The van der Waals surface area contributed by atoms with E-state index in [-0.39, 0.29) is 22.6 Å². The molecule has 31 heavy (non-hydrogen) atoms. The molecule has 2 aliphatic rings. The lowest BCUT2D eigenvalue weighted by molar-refractivity contribution is -0.115. The van der Waals surface area contributed by atoms with E-state index in [1.54, 1.807) is 6.08 Å². The minimum absolute atomic E-state index is 0.0303. The molecule has 0 saturated heterocycles. The molecule has 2 aromatic rings. The summed E-state index contributed by atoms with van der Waals surface area (Å²) < 4.78 is 5.89. The van der Waals surface area contributed by atoms with Gasteiger partial charge >= 0.3 is 5.97 Å². The average Bonchev–Trinajstić information content (AvgIpc) is 3.29. The number of aromatic carboxylic acids is 1. The van der Waals surface area contributed by atoms with Crippen LogP contribution in [0.4, 0.5) is 11.4 Å². The lowest BCUT2D eigenvalue weighted by Gasteiger charge is -2.15. The van der Waals surface area contributed by atoms with Gasteiger partial charge in [0.25, 0.3) is 5.91 Å². The Hall–Kier alpha value is -4.20. The number of benzene rings is 2. The molecule has 0 unspecified atom stereocenters. The zero-order valence-electron chi connectivity index (χ0n) is 16.9. The highest BCUT2D eigenvalue weighted by Gasteiger charge is 2.33. The van der Waals surface area contributed by atoms with Crippen molar-refractivity contribution in [1.29, 1.82) is 0 Å². The Balaban J connectivity index is 1.67. The van der Waals surface area contributed by atoms with Gasteiger partial charge in [0.1, 0.15) is 5.71 Å². The quantitative estimate of drug-likeness (QED) is 0.749. The lowest BCUT2D eigenvalue weighted by atomic mass is 10.1. The number of amides is 1. The van der Waals surface area contributed by atoms with Crippen molar-refractivity contribution in [3.8, 4) is 5.75 Å². The molecule has 0 spiro atoms. The molecule has 0 aliphatic carbocycles. The summed E-state index contributed by atoms with van der Waals surface area (Å²) in [6.45, 7) is 3.98. The van der Waals surface area contributed by atoms with Crippen molar-refractivity contribution in [2.24, 2.45) is 5.10 Å². The molecule has 2 aliphatic heterocycles. The molecule has 2 heterocycles. The Labute approximate surface area is 178 Å². The first kappa shape index (κ1) is 20.1. The van der Waals surface area contributed by atoms with Gasteiger partial charge in [-0.25, -0.2) is 4.79 Å². The van der Waals surface area contributed by atoms with E-state index in [4.69, 9.17) is 9.84 Å². The number of allylic oxidation sites excluding steroid dienone is 2. The van der Waals surface area contributed by atoms with E-state index in [9.17, 15) is 14.4 Å². The van der Waals surface area contributed by atoms with Crippen molar-refractivity contribution in [3.05, 3.63) is 77.7 Å². The summed E-state index contributed by atoms with van der Waals surface area (Å²) in [6.07, 6.45) is 3.17. The molecule has 0 saturated carbocycles. The van der Waals surface area contributed by atoms with Crippen LogP contribution in [-0.2, 0) is 9.59 Å². The number of hydrogen-bond acceptors (Lipinski definition) is 6. The minimum Gasteiger partial charge on any atom is -0.478 e. The number of carboxylic acid groups (broad SMARTS) is 1. The third kappa shape index (κ3) is 3.59. The van der Waals surface area contributed by atoms with Gasteiger partial charge in [-0.15, -0.1) is 0 Å². The van der Waals surface area contributed by atoms with Gasteiger partial charge in [0.2, 0.25) is 5.88 Å². The van der Waals surface area contributed by atoms with Crippen LogP contribution in [0.1, 0.15) is 24.2 Å². The van der Waals surface area contributed by atoms with Crippen LogP contribution in [0.2, 0.25) is 0 Å². The molecule has 156 valence electrons. The second kappa shape index (κ2) is 7.91. The van der Waals surface area contributed by atoms with Gasteiger partial charge in [-0.2, -0.15) is 10.1 Å². The van der Waals surface area contributed by atoms with Gasteiger partial charge < -0.3 is 14.7 Å². The normalized spacial score (nSPS) is 17.7. The predicted octanol–water partition coefficient (Wildman–Crippen LogP) is 3.36. The average molecular weight is 417 g/mol. The van der Waals surface area contributed by atoms with Crippen LogP contribution in [0.25, 0.3) is 0 Å². The number of carboxylic acids is 1. The predicted molar refractivity (Wildman–Crippen MR) is 115 cm³/mol. The maximum atomic E-state index is 13.0. The van der Waals surface area contributed by atoms with Gasteiger partial charge in [0, 0.05) is 13.5 Å². The Morgan fingerprint density at radius 1 is 1.10 bits per heavy atom. The molecule has 0 radical (unpaired) electrons. The molecule has 0 atom stereocenters. The largest absolute Gasteiger partial charge is 0.478 e. The summed E-state index contributed by atoms with van der Waals surface area (Å²) in [5, 5.41) is 14.3. The van der Waals surface area contributed by atoms with E-state index in [0.717, 1.165) is 10.7 Å². The molecule has 0 bridgehead atoms. The highest BCUT2D eigenvalue weighted by atomic mass is 16.5. The van der Waals surface area contributed by atoms with Gasteiger partial charge in [-0.3, -0.25) is 9.59 Å². The second-order valence-corrected chi connectivity index (χ2v) is 6.87. The molecule has 0 fully saturated rings. The molecule has 0 aromatic heterocycles. The lowest BCUT2D eigenvalue weighted by Crippen LogP contribution is -2.22. The number of rotatable bonds is 5. The Kier molecular flexibility index (Phi) is 5.12. The number of hydrazone groups is 1. The standard InChI is InChI=1S/C23H19N3O5/c1-3-25-18-6-4-5-7-19(18)31-20(25)13-12-17-21(14(2)27)24-26(22(17)28)16-10-8-15(9-11-16)23(29)30/h4-13H,3H2,1-2H3,(H,29,30). The van der Waals surface area contributed by atoms with Gasteiger partial charge in [0.05, 0.1) is 22.5 Å². The number of hydrogen-bond donors (Lipinski definition) is 1. The van der Waals surface area contributed by atoms with Crippen molar-refractivity contribution in [1.82, 2.24) is 0 Å². The summed E-state index contributed by atoms with van der Waals surface area (Å²) in [6, 6.07) is 13.3. The summed E-state index contributed by atoms with van der Waals surface area (Å²) >= 11 is 0. The summed E-state index contributed by atoms with van der Waals surface area (Å²) in [7, 11) is 0. The topological polar surface area (TPSA) is 99.5 Å². The zero-order chi connectivity index (χ0) is 22.1. The first-order chi connectivity index (χ1) is 14.9. The molecule has 4 rings (SSSR count). The van der Waals surface area contributed by atoms with Crippen molar-refractivity contribution < 1.29 is 24.2 Å². The number of nitrogens with zero attached hydrogens (tertiary/aromatic N) is 3. The third-order valence-electron chi connectivity index (χ3n) is 4.92. The SMILES string of the molecule is CCN1C(=CC=C2C(=O)N(c3ccc(C(=O)O)cc3)N=C2C(C)=O)Oc2ccccc21. The van der Waals surface area contributed by atoms with E-state index in [0.29, 0.717) is 23.9 Å². The zero-order valence-corrected chi connectivity index (χ0v) is 16.9. The number of ketones is 1.